The molecule has 0 spiro atoms. The Bertz CT molecular complexity index is 2360. The normalized spacial score (nSPS) is 36.8. The zero-order valence-electron chi connectivity index (χ0n) is 38.7. The van der Waals surface area contributed by atoms with Crippen molar-refractivity contribution >= 4 is 23.8 Å². The zero-order chi connectivity index (χ0) is 45.5. The van der Waals surface area contributed by atoms with Gasteiger partial charge in [0, 0.05) is 19.0 Å². The molecule has 1 aromatic heterocycles. The molecular weight excluding hydrogens is 811 g/mol. The summed E-state index contributed by atoms with van der Waals surface area (Å²) in [5.74, 6) is -1.97. The molecule has 10 atom stereocenters. The Kier molecular flexibility index (Phi) is 11.0. The van der Waals surface area contributed by atoms with Crippen LogP contribution in [0.2, 0.25) is 0 Å². The lowest BCUT2D eigenvalue weighted by Gasteiger charge is -2.70. The van der Waals surface area contributed by atoms with E-state index in [0.717, 1.165) is 43.2 Å². The summed E-state index contributed by atoms with van der Waals surface area (Å²) in [7, 11) is 0. The molecule has 1 saturated heterocycles. The number of nitrogens with zero attached hydrogens (tertiary/aromatic N) is 1. The summed E-state index contributed by atoms with van der Waals surface area (Å²) in [4.78, 5) is 72.0. The average molecular weight is 876 g/mol. The Labute approximate surface area is 376 Å². The van der Waals surface area contributed by atoms with Crippen molar-refractivity contribution in [2.75, 3.05) is 13.1 Å². The van der Waals surface area contributed by atoms with E-state index in [1.165, 1.54) is 5.57 Å². The number of amides is 1. The van der Waals surface area contributed by atoms with E-state index in [9.17, 15) is 19.2 Å². The number of esters is 2. The molecule has 5 aliphatic carbocycles. The van der Waals surface area contributed by atoms with E-state index >= 15 is 4.79 Å². The van der Waals surface area contributed by atoms with Crippen LogP contribution in [-0.4, -0.2) is 47.9 Å². The first kappa shape index (κ1) is 44.3. The molecular formula is C53H65NO10. The molecule has 11 nitrogen and oxygen atoms in total. The molecule has 5 fully saturated rings. The first-order chi connectivity index (χ1) is 30.4. The molecule has 0 radical (unpaired) electrons. The van der Waals surface area contributed by atoms with Gasteiger partial charge < -0.3 is 27.9 Å². The predicted molar refractivity (Wildman–Crippen MR) is 237 cm³/mol. The number of carbonyl (C=O) groups excluding carboxylic acids is 4. The molecule has 6 aliphatic rings. The number of ketones is 1. The highest BCUT2D eigenvalue weighted by Gasteiger charge is 2.72. The minimum absolute atomic E-state index is 0.00381. The molecule has 342 valence electrons. The van der Waals surface area contributed by atoms with E-state index in [1.54, 1.807) is 11.8 Å². The molecule has 1 amide bonds. The number of likely N-dealkylation sites (tertiary alicyclic amines) is 1. The van der Waals surface area contributed by atoms with Gasteiger partial charge in [0.05, 0.1) is 5.41 Å². The third kappa shape index (κ3) is 6.92. The Hall–Kier alpha value is -4.93. The van der Waals surface area contributed by atoms with E-state index in [1.807, 2.05) is 73.7 Å². The van der Waals surface area contributed by atoms with Gasteiger partial charge in [0.2, 0.25) is 0 Å². The van der Waals surface area contributed by atoms with Crippen LogP contribution in [0.25, 0.3) is 0 Å². The maximum atomic E-state index is 15.4. The molecule has 2 aromatic carbocycles. The lowest BCUT2D eigenvalue weighted by atomic mass is 9.33. The largest absolute Gasteiger partial charge is 0.519 e. The van der Waals surface area contributed by atoms with Gasteiger partial charge in [-0.25, -0.2) is 9.59 Å². The van der Waals surface area contributed by atoms with Crippen molar-refractivity contribution in [1.29, 1.82) is 0 Å². The van der Waals surface area contributed by atoms with Crippen LogP contribution >= 0.6 is 0 Å². The lowest BCUT2D eigenvalue weighted by molar-refractivity contribution is -0.219. The third-order valence-electron chi connectivity index (χ3n) is 18.3. The monoisotopic (exact) mass is 875 g/mol. The summed E-state index contributed by atoms with van der Waals surface area (Å²) in [6.07, 6.45) is 8.35. The first-order valence-corrected chi connectivity index (χ1v) is 23.7. The van der Waals surface area contributed by atoms with Gasteiger partial charge in [-0.15, -0.1) is 0 Å². The highest BCUT2D eigenvalue weighted by molar-refractivity contribution is 5.96. The molecule has 9 rings (SSSR count). The van der Waals surface area contributed by atoms with Crippen molar-refractivity contribution in [2.24, 2.45) is 50.2 Å². The highest BCUT2D eigenvalue weighted by Crippen LogP contribution is 2.75. The standard InChI is InChI=1S/C53H65NO10/c1-33-39(62-47(59)61-33)32-60-45(57)53(7)40-20-23-52(6)43(50(40,4)22-21-41(53)63-46(58)54-28-14-15-29-54)38(55)30-36-37-31-49(3,25-24-48(37,2)26-27-51(36,52)5)44(56)64-42(34-16-10-8-11-17-34)35-18-12-9-13-19-35/h8-13,16-19,30,37,40-43H,14-15,20-29,31-32H2,1-7H3/t37-,40+,41-,43+,48+,49-,50-,51+,52+,53-/m0/s1. The number of aryl methyl sites for hydroxylation is 1. The van der Waals surface area contributed by atoms with Crippen LogP contribution in [0, 0.1) is 57.2 Å². The van der Waals surface area contributed by atoms with Crippen LogP contribution in [-0.2, 0) is 35.2 Å². The molecule has 0 bridgehead atoms. The number of ether oxygens (including phenoxy) is 3. The van der Waals surface area contributed by atoms with Gasteiger partial charge in [-0.2, -0.15) is 0 Å². The van der Waals surface area contributed by atoms with Crippen molar-refractivity contribution in [3.05, 3.63) is 106 Å². The number of allylic oxidation sites excluding steroid dienone is 2. The smallest absolute Gasteiger partial charge is 0.457 e. The molecule has 0 N–H and O–H groups in total. The fourth-order valence-corrected chi connectivity index (χ4v) is 14.2. The predicted octanol–water partition coefficient (Wildman–Crippen LogP) is 10.5. The zero-order valence-corrected chi connectivity index (χ0v) is 38.7. The van der Waals surface area contributed by atoms with Gasteiger partial charge in [-0.1, -0.05) is 93.9 Å². The molecule has 2 heterocycles. The number of hydrogen-bond donors (Lipinski definition) is 0. The number of carbonyl (C=O) groups is 4. The maximum Gasteiger partial charge on any atom is 0.519 e. The van der Waals surface area contributed by atoms with E-state index in [0.29, 0.717) is 51.6 Å². The summed E-state index contributed by atoms with van der Waals surface area (Å²) in [6, 6.07) is 19.8. The second-order valence-corrected chi connectivity index (χ2v) is 21.8. The Morgan fingerprint density at radius 2 is 1.42 bits per heavy atom. The fourth-order valence-electron chi connectivity index (χ4n) is 14.2. The van der Waals surface area contributed by atoms with Crippen molar-refractivity contribution in [2.45, 2.75) is 138 Å². The average Bonchev–Trinajstić information content (AvgIpc) is 3.94. The Morgan fingerprint density at radius 1 is 0.781 bits per heavy atom. The summed E-state index contributed by atoms with van der Waals surface area (Å²) >= 11 is 0. The fraction of sp³-hybridized carbons (Fsp3) is 0.604. The van der Waals surface area contributed by atoms with Crippen molar-refractivity contribution in [3.63, 3.8) is 0 Å². The lowest BCUT2D eigenvalue weighted by Crippen LogP contribution is -2.68. The maximum absolute atomic E-state index is 15.4. The van der Waals surface area contributed by atoms with Gasteiger partial charge in [-0.3, -0.25) is 14.4 Å². The topological polar surface area (TPSA) is 143 Å². The second-order valence-electron chi connectivity index (χ2n) is 21.8. The van der Waals surface area contributed by atoms with Crippen molar-refractivity contribution in [1.82, 2.24) is 4.90 Å². The number of rotatable bonds is 8. The van der Waals surface area contributed by atoms with Gasteiger partial charge in [0.15, 0.2) is 30.0 Å². The van der Waals surface area contributed by atoms with Crippen LogP contribution < -0.4 is 5.82 Å². The number of hydrogen-bond acceptors (Lipinski definition) is 10. The molecule has 1 aliphatic heterocycles. The minimum Gasteiger partial charge on any atom is -0.457 e. The highest BCUT2D eigenvalue weighted by atomic mass is 16.6. The summed E-state index contributed by atoms with van der Waals surface area (Å²) < 4.78 is 29.1. The Morgan fingerprint density at radius 3 is 2.05 bits per heavy atom. The SMILES string of the molecule is Cc1oc(=O)oc1COC(=O)[C@]1(C)[C@@H](OC(=O)N2CCCC2)CC[C@@]2(C)[C@H]1CC[C@]1(C)[C@@H]2C(=O)C=C2[C@@H]3C[C@@](C)(C(=O)OC(c4ccccc4)c4ccccc4)CC[C@]3(C)CC[C@]21C. The molecule has 64 heavy (non-hydrogen) atoms. The van der Waals surface area contributed by atoms with Crippen molar-refractivity contribution < 1.29 is 42.2 Å². The van der Waals surface area contributed by atoms with Crippen molar-refractivity contribution in [3.8, 4) is 0 Å². The Balaban J connectivity index is 1.03. The summed E-state index contributed by atoms with van der Waals surface area (Å²) in [6.45, 7) is 15.6. The van der Waals surface area contributed by atoms with Crippen LogP contribution in [0.1, 0.15) is 141 Å². The van der Waals surface area contributed by atoms with E-state index in [2.05, 4.69) is 34.6 Å². The molecule has 11 heteroatoms. The summed E-state index contributed by atoms with van der Waals surface area (Å²) in [5.41, 5.74) is -0.597. The van der Waals surface area contributed by atoms with Crippen LogP contribution in [0.3, 0.4) is 0 Å². The number of benzene rings is 2. The van der Waals surface area contributed by atoms with Gasteiger partial charge in [0.25, 0.3) is 0 Å². The van der Waals surface area contributed by atoms with E-state index in [4.69, 9.17) is 23.0 Å². The second kappa shape index (κ2) is 15.9. The van der Waals surface area contributed by atoms with Gasteiger partial charge >= 0.3 is 23.9 Å². The quantitative estimate of drug-likeness (QED) is 0.158. The molecule has 4 saturated carbocycles. The minimum atomic E-state index is -1.30. The molecule has 3 aromatic rings. The van der Waals surface area contributed by atoms with Crippen LogP contribution in [0.4, 0.5) is 4.79 Å². The van der Waals surface area contributed by atoms with E-state index < -0.39 is 57.7 Å². The van der Waals surface area contributed by atoms with E-state index in [-0.39, 0.29) is 52.5 Å². The summed E-state index contributed by atoms with van der Waals surface area (Å²) in [5, 5.41) is 0. The molecule has 0 unspecified atom stereocenters. The van der Waals surface area contributed by atoms with Crippen LogP contribution in [0.5, 0.6) is 0 Å². The first-order valence-electron chi connectivity index (χ1n) is 23.7. The van der Waals surface area contributed by atoms with Crippen LogP contribution in [0.15, 0.2) is 85.9 Å². The van der Waals surface area contributed by atoms with Gasteiger partial charge in [-0.05, 0) is 142 Å². The third-order valence-corrected chi connectivity index (χ3v) is 18.3. The van der Waals surface area contributed by atoms with Gasteiger partial charge in [0.1, 0.15) is 11.5 Å². The number of fused-ring (bicyclic) bond motifs is 7.